The van der Waals surface area contributed by atoms with Crippen LogP contribution in [-0.4, -0.2) is 50.9 Å². The molecule has 9 heteroatoms. The number of hydrogen-bond acceptors (Lipinski definition) is 4. The van der Waals surface area contributed by atoms with Gasteiger partial charge in [-0.3, -0.25) is 4.79 Å². The zero-order valence-corrected chi connectivity index (χ0v) is 13.2. The summed E-state index contributed by atoms with van der Waals surface area (Å²) < 4.78 is 26.3. The molecule has 1 rings (SSSR count). The quantitative estimate of drug-likeness (QED) is 0.792. The summed E-state index contributed by atoms with van der Waals surface area (Å²) in [5.41, 5.74) is -0.174. The number of amides is 1. The topological polar surface area (TPSA) is 104 Å². The Morgan fingerprint density at radius 1 is 1.35 bits per heavy atom. The van der Waals surface area contributed by atoms with Gasteiger partial charge in [0.05, 0.1) is 17.0 Å². The monoisotopic (exact) mass is 364 g/mol. The standard InChI is InChI=1S/C11H13BrN2O5S/c1-14(2)10(15)6-13-20(18,19)7-3-4-9(12)8(5-7)11(16)17/h3-5,13H,6H2,1-2H3,(H,16,17). The van der Waals surface area contributed by atoms with E-state index in [-0.39, 0.29) is 14.9 Å². The third-order valence-corrected chi connectivity index (χ3v) is 4.48. The third kappa shape index (κ3) is 4.02. The molecule has 0 radical (unpaired) electrons. The highest BCUT2D eigenvalue weighted by atomic mass is 79.9. The number of likely N-dealkylation sites (N-methyl/N-ethyl adjacent to an activating group) is 1. The minimum absolute atomic E-state index is 0.174. The molecule has 0 aliphatic rings. The van der Waals surface area contributed by atoms with Crippen molar-refractivity contribution < 1.29 is 23.1 Å². The number of halogens is 1. The van der Waals surface area contributed by atoms with Gasteiger partial charge in [-0.2, -0.15) is 0 Å². The predicted molar refractivity (Wildman–Crippen MR) is 75.0 cm³/mol. The molecule has 0 unspecified atom stereocenters. The van der Waals surface area contributed by atoms with Crippen LogP contribution in [0.25, 0.3) is 0 Å². The first kappa shape index (κ1) is 16.6. The van der Waals surface area contributed by atoms with Crippen LogP contribution in [0.15, 0.2) is 27.6 Å². The van der Waals surface area contributed by atoms with Crippen molar-refractivity contribution in [1.82, 2.24) is 9.62 Å². The summed E-state index contributed by atoms with van der Waals surface area (Å²) in [6.07, 6.45) is 0. The first-order chi connectivity index (χ1) is 9.15. The van der Waals surface area contributed by atoms with Crippen molar-refractivity contribution in [3.05, 3.63) is 28.2 Å². The van der Waals surface area contributed by atoms with Crippen LogP contribution < -0.4 is 4.72 Å². The molecule has 2 N–H and O–H groups in total. The fourth-order valence-electron chi connectivity index (χ4n) is 1.23. The average Bonchev–Trinajstić information content (AvgIpc) is 2.35. The van der Waals surface area contributed by atoms with E-state index >= 15 is 0 Å². The van der Waals surface area contributed by atoms with Gasteiger partial charge in [0, 0.05) is 18.6 Å². The lowest BCUT2D eigenvalue weighted by Gasteiger charge is -2.11. The Balaban J connectivity index is 3.02. The van der Waals surface area contributed by atoms with Crippen molar-refractivity contribution in [1.29, 1.82) is 0 Å². The van der Waals surface area contributed by atoms with Gasteiger partial charge in [-0.25, -0.2) is 17.9 Å². The number of carbonyl (C=O) groups excluding carboxylic acids is 1. The molecule has 0 fully saturated rings. The summed E-state index contributed by atoms with van der Waals surface area (Å²) in [4.78, 5) is 23.3. The number of sulfonamides is 1. The molecule has 0 aromatic heterocycles. The molecule has 1 amide bonds. The number of rotatable bonds is 5. The van der Waals surface area contributed by atoms with Gasteiger partial charge >= 0.3 is 5.97 Å². The number of aromatic carboxylic acids is 1. The summed E-state index contributed by atoms with van der Waals surface area (Å²) in [6, 6.07) is 3.60. The minimum atomic E-state index is -3.94. The van der Waals surface area contributed by atoms with E-state index in [1.54, 1.807) is 0 Å². The third-order valence-electron chi connectivity index (χ3n) is 2.39. The summed E-state index contributed by atoms with van der Waals surface area (Å²) in [6.45, 7) is -0.395. The molecule has 7 nitrogen and oxygen atoms in total. The van der Waals surface area contributed by atoms with E-state index in [4.69, 9.17) is 5.11 Å². The van der Waals surface area contributed by atoms with Crippen LogP contribution in [0.3, 0.4) is 0 Å². The maximum atomic E-state index is 12.0. The van der Waals surface area contributed by atoms with E-state index in [1.165, 1.54) is 31.1 Å². The molecular weight excluding hydrogens is 352 g/mol. The molecule has 0 aliphatic heterocycles. The smallest absolute Gasteiger partial charge is 0.336 e. The van der Waals surface area contributed by atoms with Crippen LogP contribution in [-0.2, 0) is 14.8 Å². The first-order valence-electron chi connectivity index (χ1n) is 5.38. The Morgan fingerprint density at radius 3 is 2.45 bits per heavy atom. The van der Waals surface area contributed by atoms with E-state index in [9.17, 15) is 18.0 Å². The molecule has 0 aliphatic carbocycles. The van der Waals surface area contributed by atoms with E-state index in [0.717, 1.165) is 6.07 Å². The largest absolute Gasteiger partial charge is 0.478 e. The average molecular weight is 365 g/mol. The number of hydrogen-bond donors (Lipinski definition) is 2. The molecule has 0 atom stereocenters. The van der Waals surface area contributed by atoms with Crippen molar-refractivity contribution in [2.75, 3.05) is 20.6 Å². The van der Waals surface area contributed by atoms with Crippen molar-refractivity contribution in [2.45, 2.75) is 4.90 Å². The maximum absolute atomic E-state index is 12.0. The fourth-order valence-corrected chi connectivity index (χ4v) is 2.65. The normalized spacial score (nSPS) is 11.2. The Hall–Kier alpha value is -1.45. The Kier molecular flexibility index (Phi) is 5.26. The molecule has 0 heterocycles. The zero-order valence-electron chi connectivity index (χ0n) is 10.8. The van der Waals surface area contributed by atoms with E-state index in [1.807, 2.05) is 0 Å². The second-order valence-corrected chi connectivity index (χ2v) is 6.68. The van der Waals surface area contributed by atoms with Gasteiger partial charge in [0.25, 0.3) is 0 Å². The number of carboxylic acid groups (broad SMARTS) is 1. The van der Waals surface area contributed by atoms with Crippen LogP contribution in [0, 0.1) is 0 Å². The first-order valence-corrected chi connectivity index (χ1v) is 7.65. The van der Waals surface area contributed by atoms with Crippen molar-refractivity contribution in [2.24, 2.45) is 0 Å². The number of nitrogens with zero attached hydrogens (tertiary/aromatic N) is 1. The lowest BCUT2D eigenvalue weighted by molar-refractivity contribution is -0.127. The Bertz CT molecular complexity index is 642. The second-order valence-electron chi connectivity index (χ2n) is 4.06. The van der Waals surface area contributed by atoms with Crippen LogP contribution >= 0.6 is 15.9 Å². The molecule has 110 valence electrons. The van der Waals surface area contributed by atoms with Crippen molar-refractivity contribution in [3.8, 4) is 0 Å². The molecule has 0 spiro atoms. The highest BCUT2D eigenvalue weighted by Crippen LogP contribution is 2.20. The summed E-state index contributed by atoms with van der Waals surface area (Å²) in [5, 5.41) is 8.94. The van der Waals surface area contributed by atoms with Gasteiger partial charge < -0.3 is 10.0 Å². The maximum Gasteiger partial charge on any atom is 0.336 e. The van der Waals surface area contributed by atoms with Gasteiger partial charge in [0.15, 0.2) is 0 Å². The van der Waals surface area contributed by atoms with E-state index in [0.29, 0.717) is 0 Å². The highest BCUT2D eigenvalue weighted by Gasteiger charge is 2.19. The van der Waals surface area contributed by atoms with Gasteiger partial charge in [0.1, 0.15) is 0 Å². The summed E-state index contributed by atoms with van der Waals surface area (Å²) >= 11 is 3.02. The van der Waals surface area contributed by atoms with Crippen molar-refractivity contribution in [3.63, 3.8) is 0 Å². The summed E-state index contributed by atoms with van der Waals surface area (Å²) in [7, 11) is -0.946. The Labute approximate surface area is 124 Å². The minimum Gasteiger partial charge on any atom is -0.478 e. The zero-order chi connectivity index (χ0) is 15.5. The SMILES string of the molecule is CN(C)C(=O)CNS(=O)(=O)c1ccc(Br)c(C(=O)O)c1. The van der Waals surface area contributed by atoms with Crippen LogP contribution in [0.5, 0.6) is 0 Å². The Morgan fingerprint density at radius 2 is 1.95 bits per heavy atom. The molecular formula is C11H13BrN2O5S. The molecule has 1 aromatic carbocycles. The second kappa shape index (κ2) is 6.33. The molecule has 1 aromatic rings. The lowest BCUT2D eigenvalue weighted by Crippen LogP contribution is -2.36. The van der Waals surface area contributed by atoms with Gasteiger partial charge in [0.2, 0.25) is 15.9 Å². The molecule has 0 saturated heterocycles. The van der Waals surface area contributed by atoms with E-state index in [2.05, 4.69) is 20.7 Å². The number of carbonyl (C=O) groups is 2. The predicted octanol–water partition coefficient (Wildman–Crippen LogP) is 0.514. The van der Waals surface area contributed by atoms with E-state index < -0.39 is 28.4 Å². The van der Waals surface area contributed by atoms with Gasteiger partial charge in [-0.15, -0.1) is 0 Å². The number of benzene rings is 1. The van der Waals surface area contributed by atoms with Crippen LogP contribution in [0.4, 0.5) is 0 Å². The number of nitrogens with one attached hydrogen (secondary N) is 1. The van der Waals surface area contributed by atoms with Gasteiger partial charge in [-0.1, -0.05) is 0 Å². The van der Waals surface area contributed by atoms with Crippen LogP contribution in [0.2, 0.25) is 0 Å². The fraction of sp³-hybridized carbons (Fsp3) is 0.273. The summed E-state index contributed by atoms with van der Waals surface area (Å²) in [5.74, 6) is -1.66. The van der Waals surface area contributed by atoms with Gasteiger partial charge in [-0.05, 0) is 34.1 Å². The lowest BCUT2D eigenvalue weighted by atomic mass is 10.2. The number of carboxylic acids is 1. The van der Waals surface area contributed by atoms with Crippen molar-refractivity contribution >= 4 is 37.8 Å². The molecule has 0 bridgehead atoms. The highest BCUT2D eigenvalue weighted by molar-refractivity contribution is 9.10. The molecule has 20 heavy (non-hydrogen) atoms. The van der Waals surface area contributed by atoms with Crippen LogP contribution in [0.1, 0.15) is 10.4 Å². The molecule has 0 saturated carbocycles.